The second-order valence-corrected chi connectivity index (χ2v) is 3.53. The fraction of sp³-hybridized carbons (Fsp3) is 0.364. The number of aromatic nitrogens is 1. The first-order chi connectivity index (χ1) is 7.40. The van der Waals surface area contributed by atoms with Crippen molar-refractivity contribution in [1.82, 2.24) is 10.4 Å². The van der Waals surface area contributed by atoms with Crippen molar-refractivity contribution < 1.29 is 4.74 Å². The van der Waals surface area contributed by atoms with E-state index in [0.717, 1.165) is 30.8 Å². The lowest BCUT2D eigenvalue weighted by atomic mass is 10.1. The molecule has 2 rings (SSSR count). The first-order valence-corrected chi connectivity index (χ1v) is 5.08. The monoisotopic (exact) mass is 205 g/mol. The summed E-state index contributed by atoms with van der Waals surface area (Å²) in [6, 6.07) is 4.01. The second kappa shape index (κ2) is 4.91. The number of nitrogens with two attached hydrogens (primary N) is 1. The minimum atomic E-state index is 0.0525. The molecule has 0 fully saturated rings. The van der Waals surface area contributed by atoms with Gasteiger partial charge >= 0.3 is 0 Å². The Morgan fingerprint density at radius 3 is 3.13 bits per heavy atom. The molecule has 80 valence electrons. The van der Waals surface area contributed by atoms with Crippen molar-refractivity contribution in [1.29, 1.82) is 0 Å². The third-order valence-electron chi connectivity index (χ3n) is 2.44. The Kier molecular flexibility index (Phi) is 3.32. The van der Waals surface area contributed by atoms with E-state index >= 15 is 0 Å². The fourth-order valence-electron chi connectivity index (χ4n) is 1.68. The van der Waals surface area contributed by atoms with Crippen LogP contribution in [-0.2, 0) is 11.2 Å². The van der Waals surface area contributed by atoms with Crippen LogP contribution in [0.25, 0.3) is 0 Å². The van der Waals surface area contributed by atoms with Gasteiger partial charge in [-0.15, -0.1) is 0 Å². The molecule has 0 saturated carbocycles. The van der Waals surface area contributed by atoms with Crippen molar-refractivity contribution in [2.24, 2.45) is 5.84 Å². The Labute approximate surface area is 89.1 Å². The highest BCUT2D eigenvalue weighted by atomic mass is 16.5. The lowest BCUT2D eigenvalue weighted by Gasteiger charge is -2.16. The van der Waals surface area contributed by atoms with Gasteiger partial charge in [-0.3, -0.25) is 10.8 Å². The summed E-state index contributed by atoms with van der Waals surface area (Å²) >= 11 is 0. The van der Waals surface area contributed by atoms with Crippen LogP contribution in [0.4, 0.5) is 0 Å². The van der Waals surface area contributed by atoms with Gasteiger partial charge in [0.25, 0.3) is 0 Å². The molecule has 0 amide bonds. The van der Waals surface area contributed by atoms with Crippen LogP contribution in [0.1, 0.15) is 12.0 Å². The number of ether oxygens (including phenoxy) is 1. The zero-order valence-electron chi connectivity index (χ0n) is 8.52. The maximum absolute atomic E-state index is 5.51. The summed E-state index contributed by atoms with van der Waals surface area (Å²) in [6.45, 7) is 0.764. The normalized spacial score (nSPS) is 17.0. The third kappa shape index (κ3) is 2.55. The molecule has 1 atom stereocenters. The second-order valence-electron chi connectivity index (χ2n) is 3.53. The highest BCUT2D eigenvalue weighted by Gasteiger charge is 2.17. The van der Waals surface area contributed by atoms with Crippen molar-refractivity contribution >= 4 is 0 Å². The minimum absolute atomic E-state index is 0.0525. The molecule has 4 nitrogen and oxygen atoms in total. The maximum Gasteiger partial charge on any atom is 0.111 e. The van der Waals surface area contributed by atoms with E-state index in [2.05, 4.69) is 16.5 Å². The molecule has 0 aromatic carbocycles. The molecule has 2 heterocycles. The van der Waals surface area contributed by atoms with Crippen LogP contribution in [0.3, 0.4) is 0 Å². The molecule has 0 saturated heterocycles. The fourth-order valence-corrected chi connectivity index (χ4v) is 1.68. The minimum Gasteiger partial charge on any atom is -0.496 e. The summed E-state index contributed by atoms with van der Waals surface area (Å²) in [5, 5.41) is 0. The molecule has 1 aliphatic heterocycles. The first-order valence-electron chi connectivity index (χ1n) is 5.08. The van der Waals surface area contributed by atoms with E-state index < -0.39 is 0 Å². The summed E-state index contributed by atoms with van der Waals surface area (Å²) in [7, 11) is 0. The highest BCUT2D eigenvalue weighted by molar-refractivity contribution is 5.16. The Balaban J connectivity index is 2.02. The molecule has 15 heavy (non-hydrogen) atoms. The number of hydrogen-bond acceptors (Lipinski definition) is 4. The van der Waals surface area contributed by atoms with Crippen LogP contribution in [0.2, 0.25) is 0 Å². The molecule has 0 bridgehead atoms. The average Bonchev–Trinajstić information content (AvgIpc) is 2.81. The van der Waals surface area contributed by atoms with E-state index in [-0.39, 0.29) is 6.04 Å². The third-order valence-corrected chi connectivity index (χ3v) is 2.44. The van der Waals surface area contributed by atoms with Gasteiger partial charge in [-0.05, 0) is 24.1 Å². The number of nitrogens with zero attached hydrogens (tertiary/aromatic N) is 1. The SMILES string of the molecule is NNC(Cc1cccnc1)C1=CCCO1. The van der Waals surface area contributed by atoms with Gasteiger partial charge in [0.1, 0.15) is 5.76 Å². The van der Waals surface area contributed by atoms with Crippen molar-refractivity contribution in [3.05, 3.63) is 41.9 Å². The smallest absolute Gasteiger partial charge is 0.111 e. The quantitative estimate of drug-likeness (QED) is 0.563. The average molecular weight is 205 g/mol. The maximum atomic E-state index is 5.51. The molecule has 0 spiro atoms. The van der Waals surface area contributed by atoms with E-state index in [1.165, 1.54) is 0 Å². The van der Waals surface area contributed by atoms with Crippen LogP contribution < -0.4 is 11.3 Å². The molecule has 1 aromatic rings. The number of hydrazine groups is 1. The van der Waals surface area contributed by atoms with Gasteiger partial charge < -0.3 is 4.74 Å². The molecule has 0 radical (unpaired) electrons. The highest BCUT2D eigenvalue weighted by Crippen LogP contribution is 2.16. The van der Waals surface area contributed by atoms with Gasteiger partial charge in [0.05, 0.1) is 12.6 Å². The van der Waals surface area contributed by atoms with Crippen LogP contribution in [-0.4, -0.2) is 17.6 Å². The Morgan fingerprint density at radius 1 is 1.60 bits per heavy atom. The predicted octanol–water partition coefficient (Wildman–Crippen LogP) is 0.760. The van der Waals surface area contributed by atoms with Crippen molar-refractivity contribution in [3.63, 3.8) is 0 Å². The van der Waals surface area contributed by atoms with Crippen LogP contribution in [0.15, 0.2) is 36.4 Å². The Morgan fingerprint density at radius 2 is 2.53 bits per heavy atom. The largest absolute Gasteiger partial charge is 0.496 e. The zero-order chi connectivity index (χ0) is 10.5. The predicted molar refractivity (Wildman–Crippen MR) is 57.7 cm³/mol. The topological polar surface area (TPSA) is 60.2 Å². The number of pyridine rings is 1. The van der Waals surface area contributed by atoms with Crippen molar-refractivity contribution in [3.8, 4) is 0 Å². The summed E-state index contributed by atoms with van der Waals surface area (Å²) in [5.41, 5.74) is 3.92. The number of rotatable bonds is 4. The lowest BCUT2D eigenvalue weighted by molar-refractivity contribution is 0.214. The van der Waals surface area contributed by atoms with E-state index in [1.807, 2.05) is 18.3 Å². The molecule has 4 heteroatoms. The molecular formula is C11H15N3O. The van der Waals surface area contributed by atoms with E-state index in [1.54, 1.807) is 6.20 Å². The van der Waals surface area contributed by atoms with Crippen LogP contribution in [0, 0.1) is 0 Å². The molecule has 1 aliphatic rings. The summed E-state index contributed by atoms with van der Waals surface area (Å²) < 4.78 is 5.48. The van der Waals surface area contributed by atoms with Gasteiger partial charge in [-0.1, -0.05) is 6.07 Å². The first kappa shape index (κ1) is 10.1. The van der Waals surface area contributed by atoms with E-state index in [4.69, 9.17) is 10.6 Å². The molecule has 1 aromatic heterocycles. The van der Waals surface area contributed by atoms with E-state index in [9.17, 15) is 0 Å². The summed E-state index contributed by atoms with van der Waals surface area (Å²) in [6.07, 6.45) is 7.47. The number of hydrogen-bond donors (Lipinski definition) is 2. The van der Waals surface area contributed by atoms with Gasteiger partial charge in [-0.2, -0.15) is 0 Å². The summed E-state index contributed by atoms with van der Waals surface area (Å²) in [4.78, 5) is 4.07. The molecule has 0 aliphatic carbocycles. The van der Waals surface area contributed by atoms with Crippen LogP contribution >= 0.6 is 0 Å². The van der Waals surface area contributed by atoms with Gasteiger partial charge in [0.2, 0.25) is 0 Å². The van der Waals surface area contributed by atoms with Crippen molar-refractivity contribution in [2.75, 3.05) is 6.61 Å². The van der Waals surface area contributed by atoms with Crippen LogP contribution in [0.5, 0.6) is 0 Å². The molecule has 3 N–H and O–H groups in total. The van der Waals surface area contributed by atoms with Gasteiger partial charge in [-0.25, -0.2) is 5.43 Å². The standard InChI is InChI=1S/C11H15N3O/c12-14-10(11-4-2-6-15-11)7-9-3-1-5-13-8-9/h1,3-5,8,10,14H,2,6-7,12H2. The molecule has 1 unspecified atom stereocenters. The summed E-state index contributed by atoms with van der Waals surface area (Å²) in [5.74, 6) is 6.45. The van der Waals surface area contributed by atoms with Crippen molar-refractivity contribution in [2.45, 2.75) is 18.9 Å². The van der Waals surface area contributed by atoms with E-state index in [0.29, 0.717) is 0 Å². The Hall–Kier alpha value is -1.39. The molecular weight excluding hydrogens is 190 g/mol. The van der Waals surface area contributed by atoms with Gasteiger partial charge in [0, 0.05) is 18.8 Å². The van der Waals surface area contributed by atoms with Gasteiger partial charge in [0.15, 0.2) is 0 Å². The lowest BCUT2D eigenvalue weighted by Crippen LogP contribution is -2.38. The Bertz CT molecular complexity index is 337. The number of nitrogens with one attached hydrogen (secondary N) is 1. The zero-order valence-corrected chi connectivity index (χ0v) is 8.52.